The van der Waals surface area contributed by atoms with Crippen LogP contribution < -0.4 is 4.74 Å². The number of carboxylic acid groups (broad SMARTS) is 2. The van der Waals surface area contributed by atoms with Crippen LogP contribution in [0, 0.1) is 0 Å². The Labute approximate surface area is 199 Å². The fourth-order valence-corrected chi connectivity index (χ4v) is 3.94. The van der Waals surface area contributed by atoms with Gasteiger partial charge in [-0.3, -0.25) is 9.80 Å². The summed E-state index contributed by atoms with van der Waals surface area (Å²) in [5.41, 5.74) is 2.74. The summed E-state index contributed by atoms with van der Waals surface area (Å²) in [7, 11) is 0. The Kier molecular flexibility index (Phi) is 9.64. The predicted molar refractivity (Wildman–Crippen MR) is 130 cm³/mol. The maximum absolute atomic E-state index is 9.10. The van der Waals surface area contributed by atoms with Crippen LogP contribution in [-0.4, -0.2) is 71.3 Å². The molecule has 3 aromatic rings. The topological polar surface area (TPSA) is 90.3 Å². The Morgan fingerprint density at radius 2 is 1.15 bits per heavy atom. The average molecular weight is 463 g/mol. The van der Waals surface area contributed by atoms with E-state index in [1.54, 1.807) is 0 Å². The number of ether oxygens (including phenoxy) is 1. The zero-order valence-corrected chi connectivity index (χ0v) is 19.0. The molecule has 178 valence electrons. The van der Waals surface area contributed by atoms with Gasteiger partial charge in [0.2, 0.25) is 0 Å². The molecule has 1 heterocycles. The second kappa shape index (κ2) is 13.1. The van der Waals surface area contributed by atoms with E-state index in [-0.39, 0.29) is 0 Å². The third-order valence-corrected chi connectivity index (χ3v) is 5.61. The van der Waals surface area contributed by atoms with E-state index in [9.17, 15) is 0 Å². The van der Waals surface area contributed by atoms with Crippen molar-refractivity contribution in [1.82, 2.24) is 9.80 Å². The summed E-state index contributed by atoms with van der Waals surface area (Å²) in [6.45, 7) is 6.01. The molecular weight excluding hydrogens is 432 g/mol. The molecule has 0 saturated carbocycles. The molecule has 1 fully saturated rings. The summed E-state index contributed by atoms with van der Waals surface area (Å²) in [5, 5.41) is 14.8. The van der Waals surface area contributed by atoms with Crippen molar-refractivity contribution in [3.8, 4) is 5.75 Å². The lowest BCUT2D eigenvalue weighted by molar-refractivity contribution is -0.159. The van der Waals surface area contributed by atoms with E-state index in [1.165, 1.54) is 11.1 Å². The number of benzene rings is 3. The lowest BCUT2D eigenvalue weighted by atomic mass is 9.96. The predicted octanol–water partition coefficient (Wildman–Crippen LogP) is 3.63. The van der Waals surface area contributed by atoms with Crippen LogP contribution >= 0.6 is 0 Å². The molecule has 34 heavy (non-hydrogen) atoms. The maximum Gasteiger partial charge on any atom is 0.414 e. The Morgan fingerprint density at radius 1 is 0.706 bits per heavy atom. The van der Waals surface area contributed by atoms with Gasteiger partial charge in [-0.25, -0.2) is 9.59 Å². The van der Waals surface area contributed by atoms with Crippen LogP contribution in [0.3, 0.4) is 0 Å². The fourth-order valence-electron chi connectivity index (χ4n) is 3.94. The molecule has 0 unspecified atom stereocenters. The molecule has 1 aliphatic heterocycles. The summed E-state index contributed by atoms with van der Waals surface area (Å²) in [5.74, 6) is -2.70. The SMILES string of the molecule is O=C(O)C(=O)O.c1ccc(OCCN2CCN(C(c3ccccc3)c3ccccc3)CC2)cc1. The van der Waals surface area contributed by atoms with E-state index in [0.29, 0.717) is 6.04 Å². The number of piperazine rings is 1. The molecule has 0 amide bonds. The van der Waals surface area contributed by atoms with Crippen molar-refractivity contribution in [1.29, 1.82) is 0 Å². The maximum atomic E-state index is 9.10. The first-order chi connectivity index (χ1) is 16.5. The van der Waals surface area contributed by atoms with Gasteiger partial charge < -0.3 is 14.9 Å². The van der Waals surface area contributed by atoms with Gasteiger partial charge in [0.15, 0.2) is 0 Å². The molecule has 1 saturated heterocycles. The van der Waals surface area contributed by atoms with Crippen molar-refractivity contribution in [2.45, 2.75) is 6.04 Å². The smallest absolute Gasteiger partial charge is 0.414 e. The highest BCUT2D eigenvalue weighted by Crippen LogP contribution is 2.29. The van der Waals surface area contributed by atoms with Gasteiger partial charge in [-0.15, -0.1) is 0 Å². The van der Waals surface area contributed by atoms with Gasteiger partial charge in [0.25, 0.3) is 0 Å². The number of para-hydroxylation sites is 1. The highest BCUT2D eigenvalue weighted by Gasteiger charge is 2.26. The Hall–Kier alpha value is -3.68. The molecule has 0 spiro atoms. The molecule has 0 aromatic heterocycles. The molecule has 7 nitrogen and oxygen atoms in total. The highest BCUT2D eigenvalue weighted by atomic mass is 16.5. The minimum absolute atomic E-state index is 0.324. The lowest BCUT2D eigenvalue weighted by Crippen LogP contribution is -2.48. The minimum atomic E-state index is -1.82. The minimum Gasteiger partial charge on any atom is -0.492 e. The number of aliphatic carboxylic acids is 2. The van der Waals surface area contributed by atoms with Crippen molar-refractivity contribution < 1.29 is 24.5 Å². The van der Waals surface area contributed by atoms with Gasteiger partial charge in [0.1, 0.15) is 12.4 Å². The largest absolute Gasteiger partial charge is 0.492 e. The molecule has 0 aliphatic carbocycles. The van der Waals surface area contributed by atoms with Crippen LogP contribution in [0.2, 0.25) is 0 Å². The van der Waals surface area contributed by atoms with Crippen molar-refractivity contribution in [2.75, 3.05) is 39.3 Å². The molecule has 1 aliphatic rings. The van der Waals surface area contributed by atoms with Crippen LogP contribution in [0.15, 0.2) is 91.0 Å². The molecule has 0 atom stereocenters. The van der Waals surface area contributed by atoms with E-state index in [2.05, 4.69) is 70.5 Å². The van der Waals surface area contributed by atoms with Gasteiger partial charge in [-0.2, -0.15) is 0 Å². The zero-order chi connectivity index (χ0) is 24.2. The number of carbonyl (C=O) groups is 2. The van der Waals surface area contributed by atoms with E-state index in [4.69, 9.17) is 24.5 Å². The van der Waals surface area contributed by atoms with Crippen molar-refractivity contribution >= 4 is 11.9 Å². The van der Waals surface area contributed by atoms with Crippen LogP contribution in [0.4, 0.5) is 0 Å². The molecule has 0 bridgehead atoms. The first-order valence-electron chi connectivity index (χ1n) is 11.2. The van der Waals surface area contributed by atoms with E-state index in [1.807, 2.05) is 30.3 Å². The van der Waals surface area contributed by atoms with Gasteiger partial charge in [-0.1, -0.05) is 78.9 Å². The Bertz CT molecular complexity index is 955. The third kappa shape index (κ3) is 7.72. The monoisotopic (exact) mass is 462 g/mol. The average Bonchev–Trinajstić information content (AvgIpc) is 2.87. The quantitative estimate of drug-likeness (QED) is 0.518. The van der Waals surface area contributed by atoms with Crippen LogP contribution in [-0.2, 0) is 9.59 Å². The lowest BCUT2D eigenvalue weighted by Gasteiger charge is -2.39. The summed E-state index contributed by atoms with van der Waals surface area (Å²) in [6, 6.07) is 32.1. The molecule has 0 radical (unpaired) electrons. The molecular formula is C27H30N2O5. The second-order valence-corrected chi connectivity index (χ2v) is 7.87. The standard InChI is InChI=1S/C25H28N2O.C2H2O4/c1-4-10-22(11-5-1)25(23-12-6-2-7-13-23)27-18-16-26(17-19-27)20-21-28-24-14-8-3-9-15-24;3-1(4)2(5)6/h1-15,25H,16-21H2;(H,3,4)(H,5,6). The number of rotatable bonds is 7. The third-order valence-electron chi connectivity index (χ3n) is 5.61. The Balaban J connectivity index is 0.000000481. The summed E-state index contributed by atoms with van der Waals surface area (Å²) >= 11 is 0. The summed E-state index contributed by atoms with van der Waals surface area (Å²) < 4.78 is 5.87. The highest BCUT2D eigenvalue weighted by molar-refractivity contribution is 6.27. The van der Waals surface area contributed by atoms with Gasteiger partial charge >= 0.3 is 11.9 Å². The number of hydrogen-bond donors (Lipinski definition) is 2. The van der Waals surface area contributed by atoms with Crippen molar-refractivity contribution in [2.24, 2.45) is 0 Å². The van der Waals surface area contributed by atoms with Crippen LogP contribution in [0.25, 0.3) is 0 Å². The van der Waals surface area contributed by atoms with E-state index in [0.717, 1.165) is 45.1 Å². The normalized spacial score (nSPS) is 14.1. The Morgan fingerprint density at radius 3 is 1.59 bits per heavy atom. The van der Waals surface area contributed by atoms with Crippen LogP contribution in [0.5, 0.6) is 5.75 Å². The molecule has 2 N–H and O–H groups in total. The first-order valence-corrected chi connectivity index (χ1v) is 11.2. The van der Waals surface area contributed by atoms with Gasteiger partial charge in [-0.05, 0) is 23.3 Å². The number of nitrogens with zero attached hydrogens (tertiary/aromatic N) is 2. The second-order valence-electron chi connectivity index (χ2n) is 7.87. The number of hydrogen-bond acceptors (Lipinski definition) is 5. The van der Waals surface area contributed by atoms with E-state index >= 15 is 0 Å². The summed E-state index contributed by atoms with van der Waals surface area (Å²) in [4.78, 5) is 23.3. The van der Waals surface area contributed by atoms with Crippen molar-refractivity contribution in [3.05, 3.63) is 102 Å². The van der Waals surface area contributed by atoms with Gasteiger partial charge in [0, 0.05) is 32.7 Å². The van der Waals surface area contributed by atoms with Gasteiger partial charge in [0.05, 0.1) is 6.04 Å². The molecule has 7 heteroatoms. The molecule has 4 rings (SSSR count). The van der Waals surface area contributed by atoms with Crippen LogP contribution in [0.1, 0.15) is 17.2 Å². The van der Waals surface area contributed by atoms with Crippen molar-refractivity contribution in [3.63, 3.8) is 0 Å². The molecule has 3 aromatic carbocycles. The first kappa shape index (κ1) is 25.0. The summed E-state index contributed by atoms with van der Waals surface area (Å²) in [6.07, 6.45) is 0. The fraction of sp³-hybridized carbons (Fsp3) is 0.259. The number of carboxylic acids is 2. The zero-order valence-electron chi connectivity index (χ0n) is 19.0. The van der Waals surface area contributed by atoms with E-state index < -0.39 is 11.9 Å².